The summed E-state index contributed by atoms with van der Waals surface area (Å²) in [4.78, 5) is 0. The van der Waals surface area contributed by atoms with Gasteiger partial charge < -0.3 is 10.1 Å². The molecular formula is C13H17F4NO. The first-order valence-corrected chi connectivity index (χ1v) is 6.02. The quantitative estimate of drug-likeness (QED) is 0.607. The third kappa shape index (κ3) is 6.42. The fourth-order valence-corrected chi connectivity index (χ4v) is 1.60. The summed E-state index contributed by atoms with van der Waals surface area (Å²) < 4.78 is 54.0. The van der Waals surface area contributed by atoms with E-state index in [4.69, 9.17) is 4.74 Å². The molecule has 0 saturated heterocycles. The molecule has 0 aliphatic heterocycles. The molecule has 19 heavy (non-hydrogen) atoms. The molecule has 108 valence electrons. The Morgan fingerprint density at radius 2 is 1.95 bits per heavy atom. The Labute approximate surface area is 109 Å². The molecule has 0 bridgehead atoms. The van der Waals surface area contributed by atoms with E-state index < -0.39 is 12.6 Å². The van der Waals surface area contributed by atoms with E-state index in [1.165, 1.54) is 13.2 Å². The highest BCUT2D eigenvalue weighted by Crippen LogP contribution is 2.22. The van der Waals surface area contributed by atoms with Gasteiger partial charge in [0.05, 0.1) is 7.11 Å². The van der Waals surface area contributed by atoms with Crippen molar-refractivity contribution in [3.8, 4) is 5.75 Å². The van der Waals surface area contributed by atoms with Crippen LogP contribution in [-0.4, -0.2) is 19.8 Å². The van der Waals surface area contributed by atoms with E-state index in [0.29, 0.717) is 30.8 Å². The zero-order chi connectivity index (χ0) is 14.3. The van der Waals surface area contributed by atoms with Crippen molar-refractivity contribution >= 4 is 0 Å². The van der Waals surface area contributed by atoms with Crippen molar-refractivity contribution in [1.82, 2.24) is 5.32 Å². The van der Waals surface area contributed by atoms with Crippen LogP contribution in [-0.2, 0) is 6.54 Å². The zero-order valence-corrected chi connectivity index (χ0v) is 10.7. The molecule has 1 aromatic carbocycles. The molecule has 2 nitrogen and oxygen atoms in total. The lowest BCUT2D eigenvalue weighted by atomic mass is 10.2. The van der Waals surface area contributed by atoms with Crippen LogP contribution in [0.3, 0.4) is 0 Å². The molecule has 0 saturated carbocycles. The molecule has 1 N–H and O–H groups in total. The van der Waals surface area contributed by atoms with Crippen LogP contribution < -0.4 is 10.1 Å². The van der Waals surface area contributed by atoms with Crippen molar-refractivity contribution in [3.63, 3.8) is 0 Å². The van der Waals surface area contributed by atoms with Gasteiger partial charge in [0.15, 0.2) is 0 Å². The van der Waals surface area contributed by atoms with Gasteiger partial charge in [0.1, 0.15) is 11.6 Å². The van der Waals surface area contributed by atoms with Gasteiger partial charge in [0, 0.05) is 24.6 Å². The van der Waals surface area contributed by atoms with Crippen LogP contribution >= 0.6 is 0 Å². The number of nitrogens with one attached hydrogen (secondary N) is 1. The second kappa shape index (κ2) is 7.33. The summed E-state index contributed by atoms with van der Waals surface area (Å²) in [6.45, 7) is 0.726. The van der Waals surface area contributed by atoms with Gasteiger partial charge in [0.2, 0.25) is 0 Å². The first kappa shape index (κ1) is 15.8. The van der Waals surface area contributed by atoms with Gasteiger partial charge in [-0.15, -0.1) is 0 Å². The number of hydrogen-bond acceptors (Lipinski definition) is 2. The summed E-state index contributed by atoms with van der Waals surface area (Å²) in [5.74, 6) is 0.0496. The summed E-state index contributed by atoms with van der Waals surface area (Å²) in [7, 11) is 1.45. The predicted octanol–water partition coefficient (Wildman–Crippen LogP) is 3.66. The van der Waals surface area contributed by atoms with Gasteiger partial charge in [0.25, 0.3) is 0 Å². The highest BCUT2D eigenvalue weighted by molar-refractivity contribution is 5.28. The van der Waals surface area contributed by atoms with Crippen LogP contribution in [0.1, 0.15) is 24.8 Å². The normalized spacial score (nSPS) is 11.6. The maximum Gasteiger partial charge on any atom is 0.389 e. The second-order valence-corrected chi connectivity index (χ2v) is 4.21. The average molecular weight is 279 g/mol. The van der Waals surface area contributed by atoms with E-state index >= 15 is 0 Å². The molecule has 0 aliphatic rings. The van der Waals surface area contributed by atoms with E-state index in [1.807, 2.05) is 0 Å². The van der Waals surface area contributed by atoms with Gasteiger partial charge in [-0.05, 0) is 25.5 Å². The van der Waals surface area contributed by atoms with Crippen LogP contribution in [0, 0.1) is 5.82 Å². The maximum atomic E-state index is 13.5. The number of benzene rings is 1. The number of unbranched alkanes of at least 4 members (excludes halogenated alkanes) is 1. The van der Waals surface area contributed by atoms with Crippen LogP contribution in [0.2, 0.25) is 0 Å². The first-order valence-electron chi connectivity index (χ1n) is 6.02. The van der Waals surface area contributed by atoms with Crippen molar-refractivity contribution < 1.29 is 22.3 Å². The van der Waals surface area contributed by atoms with Gasteiger partial charge in [-0.3, -0.25) is 0 Å². The number of methoxy groups -OCH3 is 1. The average Bonchev–Trinajstić information content (AvgIpc) is 2.33. The van der Waals surface area contributed by atoms with Crippen molar-refractivity contribution in [2.24, 2.45) is 0 Å². The van der Waals surface area contributed by atoms with Crippen molar-refractivity contribution in [2.75, 3.05) is 13.7 Å². The van der Waals surface area contributed by atoms with E-state index in [2.05, 4.69) is 5.32 Å². The Hall–Kier alpha value is -1.30. The Kier molecular flexibility index (Phi) is 6.08. The minimum atomic E-state index is -4.10. The topological polar surface area (TPSA) is 21.3 Å². The summed E-state index contributed by atoms with van der Waals surface area (Å²) in [6, 6.07) is 4.52. The largest absolute Gasteiger partial charge is 0.497 e. The van der Waals surface area contributed by atoms with E-state index in [9.17, 15) is 17.6 Å². The van der Waals surface area contributed by atoms with E-state index in [-0.39, 0.29) is 12.2 Å². The van der Waals surface area contributed by atoms with Crippen molar-refractivity contribution in [2.45, 2.75) is 32.0 Å². The fourth-order valence-electron chi connectivity index (χ4n) is 1.60. The lowest BCUT2D eigenvalue weighted by Gasteiger charge is -2.08. The Balaban J connectivity index is 2.23. The van der Waals surface area contributed by atoms with Gasteiger partial charge >= 0.3 is 6.18 Å². The lowest BCUT2D eigenvalue weighted by Crippen LogP contribution is -2.16. The van der Waals surface area contributed by atoms with Crippen molar-refractivity contribution in [3.05, 3.63) is 29.6 Å². The molecule has 0 fully saturated rings. The van der Waals surface area contributed by atoms with Crippen LogP contribution in [0.25, 0.3) is 0 Å². The summed E-state index contributed by atoms with van der Waals surface area (Å²) in [6.07, 6.45) is -4.37. The standard InChI is InChI=1S/C13H17F4NO/c1-19-11-5-4-10(12(14)8-11)9-18-7-3-2-6-13(15,16)17/h4-5,8,18H,2-3,6-7,9H2,1H3. The molecule has 0 heterocycles. The first-order chi connectivity index (χ1) is 8.92. The SMILES string of the molecule is COc1ccc(CNCCCCC(F)(F)F)c(F)c1. The van der Waals surface area contributed by atoms with Crippen molar-refractivity contribution in [1.29, 1.82) is 0 Å². The molecule has 0 aromatic heterocycles. The van der Waals surface area contributed by atoms with Crippen LogP contribution in [0.5, 0.6) is 5.75 Å². The third-order valence-electron chi connectivity index (χ3n) is 2.64. The molecule has 0 unspecified atom stereocenters. The maximum absolute atomic E-state index is 13.5. The predicted molar refractivity (Wildman–Crippen MR) is 64.6 cm³/mol. The number of hydrogen-bond donors (Lipinski definition) is 1. The van der Waals surface area contributed by atoms with Crippen LogP contribution in [0.15, 0.2) is 18.2 Å². The Morgan fingerprint density at radius 3 is 2.53 bits per heavy atom. The lowest BCUT2D eigenvalue weighted by molar-refractivity contribution is -0.135. The number of halogens is 4. The number of ether oxygens (including phenoxy) is 1. The molecule has 6 heteroatoms. The Bertz CT molecular complexity index is 393. The van der Waals surface area contributed by atoms with E-state index in [0.717, 1.165) is 0 Å². The monoisotopic (exact) mass is 279 g/mol. The molecule has 1 aromatic rings. The molecule has 0 atom stereocenters. The van der Waals surface area contributed by atoms with Gasteiger partial charge in [-0.25, -0.2) is 4.39 Å². The minimum absolute atomic E-state index is 0.0849. The number of rotatable bonds is 7. The molecule has 0 radical (unpaired) electrons. The molecule has 0 spiro atoms. The highest BCUT2D eigenvalue weighted by atomic mass is 19.4. The summed E-state index contributed by atoms with van der Waals surface area (Å²) >= 11 is 0. The smallest absolute Gasteiger partial charge is 0.389 e. The molecule has 0 amide bonds. The minimum Gasteiger partial charge on any atom is -0.497 e. The summed E-state index contributed by atoms with van der Waals surface area (Å²) in [5, 5.41) is 2.92. The number of alkyl halides is 3. The van der Waals surface area contributed by atoms with Crippen LogP contribution in [0.4, 0.5) is 17.6 Å². The zero-order valence-electron chi connectivity index (χ0n) is 10.7. The highest BCUT2D eigenvalue weighted by Gasteiger charge is 2.25. The summed E-state index contributed by atoms with van der Waals surface area (Å²) in [5.41, 5.74) is 0.469. The fraction of sp³-hybridized carbons (Fsp3) is 0.538. The molecular weight excluding hydrogens is 262 g/mol. The Morgan fingerprint density at radius 1 is 1.21 bits per heavy atom. The van der Waals surface area contributed by atoms with Gasteiger partial charge in [-0.1, -0.05) is 6.07 Å². The second-order valence-electron chi connectivity index (χ2n) is 4.21. The van der Waals surface area contributed by atoms with E-state index in [1.54, 1.807) is 12.1 Å². The van der Waals surface area contributed by atoms with Gasteiger partial charge in [-0.2, -0.15) is 13.2 Å². The molecule has 0 aliphatic carbocycles. The molecule has 1 rings (SSSR count). The third-order valence-corrected chi connectivity index (χ3v) is 2.64.